The van der Waals surface area contributed by atoms with Crippen molar-refractivity contribution in [2.24, 2.45) is 0 Å². The Balaban J connectivity index is 2.38. The van der Waals surface area contributed by atoms with Gasteiger partial charge in [-0.05, 0) is 51.3 Å². The molecule has 1 aromatic heterocycles. The molecular formula is C16H27NO. The van der Waals surface area contributed by atoms with E-state index in [0.717, 1.165) is 37.3 Å². The molecule has 0 aliphatic heterocycles. The van der Waals surface area contributed by atoms with Crippen LogP contribution in [0.2, 0.25) is 0 Å². The van der Waals surface area contributed by atoms with Crippen molar-refractivity contribution in [1.29, 1.82) is 0 Å². The van der Waals surface area contributed by atoms with Gasteiger partial charge in [0.05, 0.1) is 6.04 Å². The van der Waals surface area contributed by atoms with Crippen LogP contribution < -0.4 is 5.32 Å². The van der Waals surface area contributed by atoms with Gasteiger partial charge in [-0.25, -0.2) is 0 Å². The number of nitrogens with one attached hydrogen (secondary N) is 1. The smallest absolute Gasteiger partial charge is 0.121 e. The van der Waals surface area contributed by atoms with Crippen LogP contribution in [-0.4, -0.2) is 6.54 Å². The summed E-state index contributed by atoms with van der Waals surface area (Å²) in [7, 11) is 0. The Hall–Kier alpha value is -1.02. The van der Waals surface area contributed by atoms with E-state index in [1.54, 1.807) is 0 Å². The van der Waals surface area contributed by atoms with E-state index < -0.39 is 0 Å². The maximum absolute atomic E-state index is 5.74. The van der Waals surface area contributed by atoms with Gasteiger partial charge in [0.15, 0.2) is 0 Å². The maximum atomic E-state index is 5.74. The van der Waals surface area contributed by atoms with Gasteiger partial charge in [-0.2, -0.15) is 0 Å². The second-order valence-corrected chi connectivity index (χ2v) is 4.88. The van der Waals surface area contributed by atoms with Gasteiger partial charge in [-0.15, -0.1) is 6.58 Å². The molecule has 0 saturated carbocycles. The molecule has 102 valence electrons. The van der Waals surface area contributed by atoms with E-state index in [1.807, 2.05) is 19.1 Å². The highest BCUT2D eigenvalue weighted by Gasteiger charge is 2.13. The van der Waals surface area contributed by atoms with Crippen LogP contribution in [0.3, 0.4) is 0 Å². The predicted octanol–water partition coefficient (Wildman–Crippen LogP) is 4.77. The molecule has 0 radical (unpaired) electrons. The SMILES string of the molecule is C=CCCCCCC(NCCC)c1ccc(C)o1. The van der Waals surface area contributed by atoms with Crippen molar-refractivity contribution in [2.75, 3.05) is 6.54 Å². The van der Waals surface area contributed by atoms with Crippen LogP contribution in [0.5, 0.6) is 0 Å². The molecule has 2 nitrogen and oxygen atoms in total. The maximum Gasteiger partial charge on any atom is 0.121 e. The summed E-state index contributed by atoms with van der Waals surface area (Å²) in [5.41, 5.74) is 0. The van der Waals surface area contributed by atoms with Crippen LogP contribution in [0.1, 0.15) is 63.0 Å². The van der Waals surface area contributed by atoms with Crippen molar-refractivity contribution in [3.05, 3.63) is 36.3 Å². The van der Waals surface area contributed by atoms with Gasteiger partial charge >= 0.3 is 0 Å². The molecule has 0 aromatic carbocycles. The summed E-state index contributed by atoms with van der Waals surface area (Å²) in [5.74, 6) is 2.09. The summed E-state index contributed by atoms with van der Waals surface area (Å²) in [4.78, 5) is 0. The summed E-state index contributed by atoms with van der Waals surface area (Å²) >= 11 is 0. The number of allylic oxidation sites excluding steroid dienone is 1. The minimum atomic E-state index is 0.377. The van der Waals surface area contributed by atoms with E-state index in [4.69, 9.17) is 4.42 Å². The Morgan fingerprint density at radius 2 is 2.17 bits per heavy atom. The molecule has 1 atom stereocenters. The Kier molecular flexibility index (Phi) is 7.51. The number of aryl methyl sites for hydroxylation is 1. The molecule has 0 saturated heterocycles. The first-order valence-electron chi connectivity index (χ1n) is 7.18. The van der Waals surface area contributed by atoms with Gasteiger partial charge in [-0.1, -0.05) is 25.8 Å². The van der Waals surface area contributed by atoms with Crippen LogP contribution >= 0.6 is 0 Å². The Bertz CT molecular complexity index is 330. The molecule has 1 heterocycles. The molecular weight excluding hydrogens is 222 g/mol. The van der Waals surface area contributed by atoms with Crippen LogP contribution in [0.4, 0.5) is 0 Å². The number of rotatable bonds is 10. The lowest BCUT2D eigenvalue weighted by Crippen LogP contribution is -2.21. The molecule has 18 heavy (non-hydrogen) atoms. The number of hydrogen-bond donors (Lipinski definition) is 1. The Labute approximate surface area is 111 Å². The van der Waals surface area contributed by atoms with Crippen LogP contribution in [0, 0.1) is 6.92 Å². The molecule has 0 amide bonds. The summed E-state index contributed by atoms with van der Waals surface area (Å²) < 4.78 is 5.74. The summed E-state index contributed by atoms with van der Waals surface area (Å²) in [5, 5.41) is 3.58. The summed E-state index contributed by atoms with van der Waals surface area (Å²) in [6.45, 7) is 9.01. The zero-order valence-corrected chi connectivity index (χ0v) is 11.9. The normalized spacial score (nSPS) is 12.6. The monoisotopic (exact) mass is 249 g/mol. The number of unbranched alkanes of at least 4 members (excludes halogenated alkanes) is 3. The lowest BCUT2D eigenvalue weighted by atomic mass is 10.0. The van der Waals surface area contributed by atoms with Crippen molar-refractivity contribution in [1.82, 2.24) is 5.32 Å². The van der Waals surface area contributed by atoms with E-state index >= 15 is 0 Å². The molecule has 2 heteroatoms. The fourth-order valence-corrected chi connectivity index (χ4v) is 2.12. The summed E-state index contributed by atoms with van der Waals surface area (Å²) in [6, 6.07) is 4.53. The second kappa shape index (κ2) is 8.98. The molecule has 0 aliphatic rings. The van der Waals surface area contributed by atoms with E-state index in [1.165, 1.54) is 19.3 Å². The predicted molar refractivity (Wildman–Crippen MR) is 77.8 cm³/mol. The molecule has 0 spiro atoms. The summed E-state index contributed by atoms with van der Waals surface area (Å²) in [6.07, 6.45) is 9.22. The van der Waals surface area contributed by atoms with Gasteiger partial charge in [0.2, 0.25) is 0 Å². The molecule has 0 aliphatic carbocycles. The van der Waals surface area contributed by atoms with Gasteiger partial charge in [0, 0.05) is 0 Å². The number of furan rings is 1. The third kappa shape index (κ3) is 5.54. The highest BCUT2D eigenvalue weighted by atomic mass is 16.3. The lowest BCUT2D eigenvalue weighted by Gasteiger charge is -2.16. The van der Waals surface area contributed by atoms with Crippen molar-refractivity contribution >= 4 is 0 Å². The first-order chi connectivity index (χ1) is 8.77. The second-order valence-electron chi connectivity index (χ2n) is 4.88. The van der Waals surface area contributed by atoms with Crippen LogP contribution in [0.25, 0.3) is 0 Å². The van der Waals surface area contributed by atoms with Crippen molar-refractivity contribution < 1.29 is 4.42 Å². The third-order valence-electron chi connectivity index (χ3n) is 3.15. The standard InChI is InChI=1S/C16H27NO/c1-4-6-7-8-9-10-15(17-13-5-2)16-12-11-14(3)18-16/h4,11-12,15,17H,1,5-10,13H2,2-3H3. The average molecular weight is 249 g/mol. The highest BCUT2D eigenvalue weighted by Crippen LogP contribution is 2.22. The first-order valence-corrected chi connectivity index (χ1v) is 7.18. The largest absolute Gasteiger partial charge is 0.465 e. The fourth-order valence-electron chi connectivity index (χ4n) is 2.12. The molecule has 1 rings (SSSR count). The first kappa shape index (κ1) is 15.0. The van der Waals surface area contributed by atoms with Crippen molar-refractivity contribution in [3.63, 3.8) is 0 Å². The van der Waals surface area contributed by atoms with Gasteiger partial charge < -0.3 is 9.73 Å². The van der Waals surface area contributed by atoms with Crippen LogP contribution in [0.15, 0.2) is 29.2 Å². The highest BCUT2D eigenvalue weighted by molar-refractivity contribution is 5.09. The third-order valence-corrected chi connectivity index (χ3v) is 3.15. The van der Waals surface area contributed by atoms with Gasteiger partial charge in [0.1, 0.15) is 11.5 Å². The molecule has 1 unspecified atom stereocenters. The van der Waals surface area contributed by atoms with Gasteiger partial charge in [0.25, 0.3) is 0 Å². The quantitative estimate of drug-likeness (QED) is 0.477. The molecule has 1 aromatic rings. The molecule has 1 N–H and O–H groups in total. The van der Waals surface area contributed by atoms with Crippen molar-refractivity contribution in [3.8, 4) is 0 Å². The average Bonchev–Trinajstić information content (AvgIpc) is 2.79. The lowest BCUT2D eigenvalue weighted by molar-refractivity contribution is 0.376. The topological polar surface area (TPSA) is 25.2 Å². The number of hydrogen-bond acceptors (Lipinski definition) is 2. The zero-order chi connectivity index (χ0) is 13.2. The Morgan fingerprint density at radius 3 is 2.78 bits per heavy atom. The minimum absolute atomic E-state index is 0.377. The molecule has 0 bridgehead atoms. The van der Waals surface area contributed by atoms with Crippen LogP contribution in [-0.2, 0) is 0 Å². The van der Waals surface area contributed by atoms with E-state index in [9.17, 15) is 0 Å². The van der Waals surface area contributed by atoms with E-state index in [0.29, 0.717) is 6.04 Å². The van der Waals surface area contributed by atoms with E-state index in [2.05, 4.69) is 24.9 Å². The van der Waals surface area contributed by atoms with Crippen molar-refractivity contribution in [2.45, 2.75) is 58.4 Å². The Morgan fingerprint density at radius 1 is 1.33 bits per heavy atom. The minimum Gasteiger partial charge on any atom is -0.465 e. The van der Waals surface area contributed by atoms with E-state index in [-0.39, 0.29) is 0 Å². The zero-order valence-electron chi connectivity index (χ0n) is 11.9. The fraction of sp³-hybridized carbons (Fsp3) is 0.625. The van der Waals surface area contributed by atoms with Gasteiger partial charge in [-0.3, -0.25) is 0 Å². The molecule has 0 fully saturated rings.